The van der Waals surface area contributed by atoms with Gasteiger partial charge in [0.15, 0.2) is 0 Å². The Morgan fingerprint density at radius 3 is 1.91 bits per heavy atom. The van der Waals surface area contributed by atoms with Crippen LogP contribution in [0, 0.1) is 0 Å². The second-order valence-electron chi connectivity index (χ2n) is 8.20. The van der Waals surface area contributed by atoms with Crippen molar-refractivity contribution in [1.82, 2.24) is 4.57 Å². The highest BCUT2D eigenvalue weighted by atomic mass is 15.0. The van der Waals surface area contributed by atoms with E-state index in [0.717, 1.165) is 0 Å². The molecule has 0 N–H and O–H groups in total. The largest absolute Gasteiger partial charge is 0.349 e. The number of unbranched alkanes of at least 4 members (excludes halogenated alkanes) is 7. The molecule has 0 bridgehead atoms. The van der Waals surface area contributed by atoms with Crippen LogP contribution in [0.15, 0.2) is 12.4 Å². The Hall–Kier alpha value is -0.720. The van der Waals surface area contributed by atoms with Crippen LogP contribution in [0.2, 0.25) is 0 Å². The van der Waals surface area contributed by atoms with Crippen LogP contribution < -0.4 is 0 Å². The van der Waals surface area contributed by atoms with Crippen LogP contribution in [0.4, 0.5) is 0 Å². The quantitative estimate of drug-likeness (QED) is 0.408. The third-order valence-electron chi connectivity index (χ3n) is 4.64. The molecule has 0 amide bonds. The lowest BCUT2D eigenvalue weighted by Gasteiger charge is -2.21. The fourth-order valence-electron chi connectivity index (χ4n) is 3.08. The fourth-order valence-corrected chi connectivity index (χ4v) is 3.08. The van der Waals surface area contributed by atoms with Crippen molar-refractivity contribution < 1.29 is 0 Å². The molecule has 128 valence electrons. The molecule has 0 aromatic carbocycles. The Morgan fingerprint density at radius 1 is 0.864 bits per heavy atom. The Labute approximate surface area is 139 Å². The lowest BCUT2D eigenvalue weighted by molar-refractivity contribution is 0.397. The second-order valence-corrected chi connectivity index (χ2v) is 8.20. The lowest BCUT2D eigenvalue weighted by Crippen LogP contribution is -2.19. The van der Waals surface area contributed by atoms with E-state index in [-0.39, 0.29) is 5.54 Å². The maximum atomic E-state index is 2.41. The van der Waals surface area contributed by atoms with Gasteiger partial charge < -0.3 is 4.57 Å². The summed E-state index contributed by atoms with van der Waals surface area (Å²) in [6.07, 6.45) is 17.3. The maximum Gasteiger partial charge on any atom is 0.0355 e. The number of rotatable bonds is 10. The van der Waals surface area contributed by atoms with Crippen molar-refractivity contribution >= 4 is 0 Å². The van der Waals surface area contributed by atoms with E-state index in [1.165, 1.54) is 57.8 Å². The van der Waals surface area contributed by atoms with E-state index in [1.807, 2.05) is 0 Å². The molecule has 0 fully saturated rings. The van der Waals surface area contributed by atoms with Gasteiger partial charge in [0.2, 0.25) is 0 Å². The van der Waals surface area contributed by atoms with Crippen LogP contribution in [0.3, 0.4) is 0 Å². The third kappa shape index (κ3) is 6.58. The van der Waals surface area contributed by atoms with Gasteiger partial charge in [-0.2, -0.15) is 0 Å². The van der Waals surface area contributed by atoms with Gasteiger partial charge in [0.1, 0.15) is 0 Å². The zero-order valence-corrected chi connectivity index (χ0v) is 16.0. The molecule has 0 atom stereocenters. The maximum absolute atomic E-state index is 2.41. The lowest BCUT2D eigenvalue weighted by atomic mass is 9.98. The molecule has 0 spiro atoms. The topological polar surface area (TPSA) is 4.93 Å². The minimum Gasteiger partial charge on any atom is -0.349 e. The molecule has 0 aliphatic carbocycles. The number of hydrogen-bond acceptors (Lipinski definition) is 0. The highest BCUT2D eigenvalue weighted by molar-refractivity contribution is 5.28. The van der Waals surface area contributed by atoms with E-state index in [0.29, 0.717) is 5.92 Å². The predicted octanol–water partition coefficient (Wildman–Crippen LogP) is 7.05. The first-order valence-corrected chi connectivity index (χ1v) is 9.57. The van der Waals surface area contributed by atoms with Gasteiger partial charge in [0, 0.05) is 17.9 Å². The molecule has 22 heavy (non-hydrogen) atoms. The SMILES string of the molecule is CCCCCCCCCCc1cn(C(C)(C)C)cc1C(C)C. The average molecular weight is 306 g/mol. The van der Waals surface area contributed by atoms with E-state index in [4.69, 9.17) is 0 Å². The van der Waals surface area contributed by atoms with Gasteiger partial charge in [0.25, 0.3) is 0 Å². The molecular formula is C21H39N. The molecule has 0 radical (unpaired) electrons. The minimum absolute atomic E-state index is 0.196. The van der Waals surface area contributed by atoms with Crippen molar-refractivity contribution in [2.75, 3.05) is 0 Å². The predicted molar refractivity (Wildman–Crippen MR) is 99.8 cm³/mol. The number of nitrogens with zero attached hydrogens (tertiary/aromatic N) is 1. The summed E-state index contributed by atoms with van der Waals surface area (Å²) in [4.78, 5) is 0. The molecule has 1 nitrogen and oxygen atoms in total. The van der Waals surface area contributed by atoms with Gasteiger partial charge in [-0.15, -0.1) is 0 Å². The van der Waals surface area contributed by atoms with Gasteiger partial charge in [-0.3, -0.25) is 0 Å². The smallest absolute Gasteiger partial charge is 0.0355 e. The molecule has 0 saturated heterocycles. The summed E-state index contributed by atoms with van der Waals surface area (Å²) in [7, 11) is 0. The molecule has 1 heteroatoms. The summed E-state index contributed by atoms with van der Waals surface area (Å²) in [5, 5.41) is 0. The first kappa shape index (κ1) is 19.3. The fraction of sp³-hybridized carbons (Fsp3) is 0.810. The average Bonchev–Trinajstić information content (AvgIpc) is 2.86. The van der Waals surface area contributed by atoms with Crippen molar-refractivity contribution in [3.05, 3.63) is 23.5 Å². The Kier molecular flexibility index (Phi) is 8.28. The second kappa shape index (κ2) is 9.43. The monoisotopic (exact) mass is 305 g/mol. The van der Waals surface area contributed by atoms with Crippen LogP contribution in [-0.2, 0) is 12.0 Å². The standard InChI is InChI=1S/C21H39N/c1-7-8-9-10-11-12-13-14-15-19-16-22(21(4,5)6)17-20(19)18(2)3/h16-18H,7-15H2,1-6H3. The zero-order chi connectivity index (χ0) is 16.6. The summed E-state index contributed by atoms with van der Waals surface area (Å²) >= 11 is 0. The summed E-state index contributed by atoms with van der Waals surface area (Å²) in [6, 6.07) is 0. The molecule has 1 rings (SSSR count). The highest BCUT2D eigenvalue weighted by Crippen LogP contribution is 2.26. The van der Waals surface area contributed by atoms with Crippen molar-refractivity contribution in [1.29, 1.82) is 0 Å². The molecule has 0 aliphatic heterocycles. The number of hydrogen-bond donors (Lipinski definition) is 0. The van der Waals surface area contributed by atoms with Gasteiger partial charge in [-0.05, 0) is 50.7 Å². The summed E-state index contributed by atoms with van der Waals surface area (Å²) in [5.74, 6) is 0.632. The van der Waals surface area contributed by atoms with Crippen LogP contribution in [0.5, 0.6) is 0 Å². The first-order valence-electron chi connectivity index (χ1n) is 9.57. The van der Waals surface area contributed by atoms with E-state index in [9.17, 15) is 0 Å². The molecule has 1 aromatic heterocycles. The van der Waals surface area contributed by atoms with Gasteiger partial charge in [-0.1, -0.05) is 65.7 Å². The van der Waals surface area contributed by atoms with E-state index in [2.05, 4.69) is 58.5 Å². The molecule has 0 saturated carbocycles. The highest BCUT2D eigenvalue weighted by Gasteiger charge is 2.17. The van der Waals surface area contributed by atoms with Crippen molar-refractivity contribution in [3.8, 4) is 0 Å². The Bertz CT molecular complexity index is 406. The first-order chi connectivity index (χ1) is 10.4. The van der Waals surface area contributed by atoms with E-state index in [1.54, 1.807) is 11.1 Å². The van der Waals surface area contributed by atoms with E-state index >= 15 is 0 Å². The molecule has 0 aliphatic rings. The summed E-state index contributed by atoms with van der Waals surface area (Å²) in [6.45, 7) is 13.8. The van der Waals surface area contributed by atoms with Crippen molar-refractivity contribution in [2.45, 2.75) is 111 Å². The third-order valence-corrected chi connectivity index (χ3v) is 4.64. The van der Waals surface area contributed by atoms with Crippen LogP contribution in [-0.4, -0.2) is 4.57 Å². The zero-order valence-electron chi connectivity index (χ0n) is 16.0. The normalized spacial score (nSPS) is 12.3. The van der Waals surface area contributed by atoms with Crippen LogP contribution in [0.1, 0.15) is 110 Å². The van der Waals surface area contributed by atoms with Gasteiger partial charge in [-0.25, -0.2) is 0 Å². The molecule has 1 aromatic rings. The van der Waals surface area contributed by atoms with Crippen LogP contribution >= 0.6 is 0 Å². The Morgan fingerprint density at radius 2 is 1.41 bits per heavy atom. The van der Waals surface area contributed by atoms with E-state index < -0.39 is 0 Å². The van der Waals surface area contributed by atoms with Crippen LogP contribution in [0.25, 0.3) is 0 Å². The minimum atomic E-state index is 0.196. The molecule has 0 unspecified atom stereocenters. The molecular weight excluding hydrogens is 266 g/mol. The Balaban J connectivity index is 2.40. The molecule has 1 heterocycles. The van der Waals surface area contributed by atoms with Crippen molar-refractivity contribution in [2.24, 2.45) is 0 Å². The van der Waals surface area contributed by atoms with Gasteiger partial charge in [0.05, 0.1) is 0 Å². The number of aromatic nitrogens is 1. The summed E-state index contributed by atoms with van der Waals surface area (Å²) < 4.78 is 2.41. The van der Waals surface area contributed by atoms with Gasteiger partial charge >= 0.3 is 0 Å². The number of aryl methyl sites for hydroxylation is 1. The van der Waals surface area contributed by atoms with Crippen molar-refractivity contribution in [3.63, 3.8) is 0 Å². The summed E-state index contributed by atoms with van der Waals surface area (Å²) in [5.41, 5.74) is 3.33.